The molecule has 1 aliphatic heterocycles. The maximum absolute atomic E-state index is 13.2. The number of alkyl halides is 1. The van der Waals surface area contributed by atoms with Crippen LogP contribution >= 0.6 is 0 Å². The summed E-state index contributed by atoms with van der Waals surface area (Å²) in [6.45, 7) is 0.457. The predicted molar refractivity (Wildman–Crippen MR) is 107 cm³/mol. The maximum atomic E-state index is 13.2. The molecule has 0 spiro atoms. The van der Waals surface area contributed by atoms with Gasteiger partial charge in [0, 0.05) is 14.9 Å². The molecule has 27 heavy (non-hydrogen) atoms. The number of benzene rings is 1. The van der Waals surface area contributed by atoms with Crippen LogP contribution in [0.3, 0.4) is 0 Å². The van der Waals surface area contributed by atoms with Gasteiger partial charge in [-0.15, -0.1) is 0 Å². The summed E-state index contributed by atoms with van der Waals surface area (Å²) < 4.78 is 44.2. The van der Waals surface area contributed by atoms with Gasteiger partial charge < -0.3 is 4.74 Å². The van der Waals surface area contributed by atoms with Gasteiger partial charge in [0.15, 0.2) is 11.6 Å². The summed E-state index contributed by atoms with van der Waals surface area (Å²) in [5, 5.41) is 0. The Balaban J connectivity index is 1.34. The Hall–Kier alpha value is -0.973. The molecule has 1 saturated carbocycles. The molecule has 1 heterocycles. The number of hydrogen-bond donors (Lipinski definition) is 0. The average molecular weight is 399 g/mol. The van der Waals surface area contributed by atoms with Crippen LogP contribution in [0.4, 0.5) is 13.2 Å². The van der Waals surface area contributed by atoms with E-state index in [0.29, 0.717) is 18.3 Å². The Labute approximate surface area is 163 Å². The van der Waals surface area contributed by atoms with E-state index in [4.69, 9.17) is 4.74 Å². The molecule has 152 valence electrons. The first-order chi connectivity index (χ1) is 13.2. The third-order valence-corrected chi connectivity index (χ3v) is 10.3. The van der Waals surface area contributed by atoms with Crippen LogP contribution in [-0.4, -0.2) is 22.1 Å². The van der Waals surface area contributed by atoms with Crippen molar-refractivity contribution in [3.05, 3.63) is 29.8 Å². The van der Waals surface area contributed by atoms with Gasteiger partial charge in [0.25, 0.3) is 0 Å². The summed E-state index contributed by atoms with van der Waals surface area (Å²) in [7, 11) is -0.561. The monoisotopic (exact) mass is 398 g/mol. The zero-order valence-corrected chi connectivity index (χ0v) is 17.4. The summed E-state index contributed by atoms with van der Waals surface area (Å²) in [5.41, 5.74) is 0. The van der Waals surface area contributed by atoms with Gasteiger partial charge >= 0.3 is 0 Å². The van der Waals surface area contributed by atoms with Crippen molar-refractivity contribution in [3.63, 3.8) is 0 Å². The molecule has 3 rings (SSSR count). The predicted octanol–water partition coefficient (Wildman–Crippen LogP) is 6.54. The second-order valence-electron chi connectivity index (χ2n) is 8.63. The lowest BCUT2D eigenvalue weighted by molar-refractivity contribution is 0.147. The molecule has 0 atom stereocenters. The van der Waals surface area contributed by atoms with Gasteiger partial charge in [-0.3, -0.25) is 4.39 Å². The van der Waals surface area contributed by atoms with Crippen molar-refractivity contribution in [1.82, 2.24) is 0 Å². The minimum absolute atomic E-state index is 0.146. The molecule has 0 aromatic heterocycles. The summed E-state index contributed by atoms with van der Waals surface area (Å²) in [5.74, 6) is 1.05. The molecule has 0 unspecified atom stereocenters. The van der Waals surface area contributed by atoms with Crippen molar-refractivity contribution < 1.29 is 17.9 Å². The molecule has 0 N–H and O–H groups in total. The summed E-state index contributed by atoms with van der Waals surface area (Å²) in [6.07, 6.45) is 9.63. The first-order valence-corrected chi connectivity index (χ1v) is 13.2. The van der Waals surface area contributed by atoms with E-state index in [0.717, 1.165) is 36.8 Å². The van der Waals surface area contributed by atoms with Crippen molar-refractivity contribution in [2.45, 2.75) is 69.5 Å². The lowest BCUT2D eigenvalue weighted by atomic mass is 9.74. The molecule has 2 aliphatic rings. The Morgan fingerprint density at radius 2 is 1.59 bits per heavy atom. The molecule has 1 nitrogen and oxygen atoms in total. The second kappa shape index (κ2) is 10.5. The van der Waals surface area contributed by atoms with E-state index in [1.807, 2.05) is 0 Å². The summed E-state index contributed by atoms with van der Waals surface area (Å²) in [4.78, 5) is 0. The van der Waals surface area contributed by atoms with Crippen LogP contribution in [0.25, 0.3) is 0 Å². The topological polar surface area (TPSA) is 9.23 Å². The lowest BCUT2D eigenvalue weighted by Crippen LogP contribution is -2.29. The third-order valence-electron chi connectivity index (χ3n) is 6.82. The molecule has 5 heteroatoms. The van der Waals surface area contributed by atoms with E-state index < -0.39 is 20.4 Å². The normalized spacial score (nSPS) is 28.9. The van der Waals surface area contributed by atoms with Crippen molar-refractivity contribution in [1.29, 1.82) is 0 Å². The highest BCUT2D eigenvalue weighted by molar-refractivity contribution is 6.58. The highest BCUT2D eigenvalue weighted by Crippen LogP contribution is 2.41. The van der Waals surface area contributed by atoms with E-state index in [2.05, 4.69) is 0 Å². The summed E-state index contributed by atoms with van der Waals surface area (Å²) in [6, 6.07) is 8.05. The fourth-order valence-electron chi connectivity index (χ4n) is 5.08. The minimum atomic E-state index is -0.847. The minimum Gasteiger partial charge on any atom is -0.493 e. The van der Waals surface area contributed by atoms with Crippen molar-refractivity contribution in [2.75, 3.05) is 13.3 Å². The van der Waals surface area contributed by atoms with Gasteiger partial charge in [-0.1, -0.05) is 37.4 Å². The molecule has 2 fully saturated rings. The van der Waals surface area contributed by atoms with Gasteiger partial charge in [0.2, 0.25) is 0 Å². The molecule has 0 radical (unpaired) electrons. The second-order valence-corrected chi connectivity index (χ2v) is 12.1. The zero-order valence-electron chi connectivity index (χ0n) is 16.3. The average Bonchev–Trinajstić information content (AvgIpc) is 2.70. The van der Waals surface area contributed by atoms with Crippen LogP contribution in [0.15, 0.2) is 18.2 Å². The molecule has 1 aromatic carbocycles. The van der Waals surface area contributed by atoms with Crippen LogP contribution in [0.2, 0.25) is 18.1 Å². The quantitative estimate of drug-likeness (QED) is 0.357. The van der Waals surface area contributed by atoms with Gasteiger partial charge in [0.05, 0.1) is 13.3 Å². The van der Waals surface area contributed by atoms with Crippen LogP contribution in [-0.2, 0) is 0 Å². The maximum Gasteiger partial charge on any atom is 0.162 e. The van der Waals surface area contributed by atoms with E-state index in [1.165, 1.54) is 62.7 Å². The molecule has 1 saturated heterocycles. The molecular formula is C22H33F3OSi. The van der Waals surface area contributed by atoms with Crippen LogP contribution in [0.1, 0.15) is 51.4 Å². The smallest absolute Gasteiger partial charge is 0.162 e. The molecular weight excluding hydrogens is 365 g/mol. The van der Waals surface area contributed by atoms with Gasteiger partial charge in [-0.05, 0) is 62.0 Å². The Kier molecular flexibility index (Phi) is 8.10. The fraction of sp³-hybridized carbons (Fsp3) is 0.727. The molecule has 1 aliphatic carbocycles. The number of unbranched alkanes of at least 4 members (excludes halogenated alkanes) is 1. The van der Waals surface area contributed by atoms with E-state index in [9.17, 15) is 13.2 Å². The molecule has 1 aromatic rings. The largest absolute Gasteiger partial charge is 0.493 e. The first kappa shape index (κ1) is 20.8. The highest BCUT2D eigenvalue weighted by Gasteiger charge is 2.31. The SMILES string of the molecule is FCCCC[Si@H]1CC[C@H]([C@H]2CC[C@H](COc3ccc(F)c(F)c3)CC2)CC1. The lowest BCUT2D eigenvalue weighted by Gasteiger charge is -2.37. The zero-order chi connectivity index (χ0) is 19.1. The van der Waals surface area contributed by atoms with Crippen molar-refractivity contribution in [2.24, 2.45) is 17.8 Å². The number of rotatable bonds is 8. The van der Waals surface area contributed by atoms with Crippen molar-refractivity contribution >= 4 is 8.80 Å². The molecule has 0 bridgehead atoms. The number of ether oxygens (including phenoxy) is 1. The Morgan fingerprint density at radius 1 is 0.889 bits per heavy atom. The Bertz CT molecular complexity index is 567. The van der Waals surface area contributed by atoms with Gasteiger partial charge in [-0.2, -0.15) is 0 Å². The van der Waals surface area contributed by atoms with E-state index >= 15 is 0 Å². The standard InChI is InChI=1S/C22H33F3OSi/c23-11-1-2-12-27-13-9-19(10-14-27)18-5-3-17(4-6-18)16-26-20-7-8-21(24)22(25)15-20/h7-8,15,17-19,27H,1-6,9-14,16H2/t17-,18-,19-,27-. The first-order valence-electron chi connectivity index (χ1n) is 10.8. The highest BCUT2D eigenvalue weighted by atomic mass is 28.3. The summed E-state index contributed by atoms with van der Waals surface area (Å²) >= 11 is 0. The fourth-order valence-corrected chi connectivity index (χ4v) is 8.61. The van der Waals surface area contributed by atoms with E-state index in [1.54, 1.807) is 0 Å². The number of hydrogen-bond acceptors (Lipinski definition) is 1. The Morgan fingerprint density at radius 3 is 2.26 bits per heavy atom. The van der Waals surface area contributed by atoms with Gasteiger partial charge in [-0.25, -0.2) is 8.78 Å². The van der Waals surface area contributed by atoms with Gasteiger partial charge in [0.1, 0.15) is 5.75 Å². The molecule has 0 amide bonds. The van der Waals surface area contributed by atoms with E-state index in [-0.39, 0.29) is 6.67 Å². The van der Waals surface area contributed by atoms with Crippen LogP contribution in [0.5, 0.6) is 5.75 Å². The number of halogens is 3. The van der Waals surface area contributed by atoms with Crippen LogP contribution in [0, 0.1) is 29.4 Å². The van der Waals surface area contributed by atoms with Crippen LogP contribution < -0.4 is 4.74 Å². The van der Waals surface area contributed by atoms with Crippen molar-refractivity contribution in [3.8, 4) is 5.75 Å². The third kappa shape index (κ3) is 6.26.